The van der Waals surface area contributed by atoms with Gasteiger partial charge < -0.3 is 0 Å². The van der Waals surface area contributed by atoms with Crippen molar-refractivity contribution in [3.8, 4) is 0 Å². The molecule has 1 aromatic carbocycles. The van der Waals surface area contributed by atoms with Crippen LogP contribution < -0.4 is 4.90 Å². The van der Waals surface area contributed by atoms with Gasteiger partial charge in [-0.2, -0.15) is 0 Å². The molecule has 0 atom stereocenters. The normalized spacial score (nSPS) is 13.1. The zero-order valence-electron chi connectivity index (χ0n) is 11.3. The van der Waals surface area contributed by atoms with Gasteiger partial charge in [0, 0.05) is 23.3 Å². The summed E-state index contributed by atoms with van der Waals surface area (Å²) in [6.07, 6.45) is 5.10. The Kier molecular flexibility index (Phi) is 3.57. The van der Waals surface area contributed by atoms with E-state index in [1.165, 1.54) is 17.5 Å². The van der Waals surface area contributed by atoms with Crippen molar-refractivity contribution in [1.29, 1.82) is 0 Å². The van der Waals surface area contributed by atoms with E-state index in [1.807, 2.05) is 24.3 Å². The molecule has 0 saturated heterocycles. The summed E-state index contributed by atoms with van der Waals surface area (Å²) in [6, 6.07) is 9.74. The summed E-state index contributed by atoms with van der Waals surface area (Å²) in [6.45, 7) is 0. The molecule has 0 radical (unpaired) electrons. The van der Waals surface area contributed by atoms with Crippen molar-refractivity contribution in [1.82, 2.24) is 4.98 Å². The van der Waals surface area contributed by atoms with Crippen LogP contribution >= 0.6 is 15.9 Å². The molecule has 0 unspecified atom stereocenters. The predicted octanol–water partition coefficient (Wildman–Crippen LogP) is 3.61. The Morgan fingerprint density at radius 2 is 2.00 bits per heavy atom. The van der Waals surface area contributed by atoms with Crippen LogP contribution in [0.15, 0.2) is 41.0 Å². The van der Waals surface area contributed by atoms with Gasteiger partial charge >= 0.3 is 0 Å². The number of carbonyl (C=O) groups is 1. The van der Waals surface area contributed by atoms with Gasteiger partial charge in [-0.05, 0) is 70.6 Å². The maximum Gasteiger partial charge on any atom is 0.259 e. The lowest BCUT2D eigenvalue weighted by atomic mass is 10.1. The third kappa shape index (κ3) is 2.48. The van der Waals surface area contributed by atoms with Gasteiger partial charge in [0.2, 0.25) is 0 Å². The molecule has 3 rings (SSSR count). The first-order valence-corrected chi connectivity index (χ1v) is 7.46. The van der Waals surface area contributed by atoms with Gasteiger partial charge in [0.1, 0.15) is 5.82 Å². The summed E-state index contributed by atoms with van der Waals surface area (Å²) >= 11 is 3.34. The van der Waals surface area contributed by atoms with Crippen LogP contribution in [-0.2, 0) is 12.8 Å². The Balaban J connectivity index is 1.86. The van der Waals surface area contributed by atoms with Crippen LogP contribution in [-0.4, -0.2) is 17.9 Å². The molecule has 1 aliphatic carbocycles. The van der Waals surface area contributed by atoms with Crippen LogP contribution in [0.2, 0.25) is 0 Å². The SMILES string of the molecule is CN(C(=O)c1ccc2c(c1)CCC2)c1ccc(Br)cn1. The molecule has 4 heteroatoms. The van der Waals surface area contributed by atoms with Crippen molar-refractivity contribution >= 4 is 27.7 Å². The van der Waals surface area contributed by atoms with Crippen LogP contribution in [0.1, 0.15) is 27.9 Å². The summed E-state index contributed by atoms with van der Waals surface area (Å²) < 4.78 is 0.902. The number of hydrogen-bond donors (Lipinski definition) is 0. The summed E-state index contributed by atoms with van der Waals surface area (Å²) in [7, 11) is 1.76. The molecule has 0 bridgehead atoms. The van der Waals surface area contributed by atoms with Crippen molar-refractivity contribution in [2.24, 2.45) is 0 Å². The number of carbonyl (C=O) groups excluding carboxylic acids is 1. The standard InChI is InChI=1S/C16H15BrN2O/c1-19(15-8-7-14(17)10-18-15)16(20)13-6-5-11-3-2-4-12(11)9-13/h5-10H,2-4H2,1H3. The minimum atomic E-state index is -0.0190. The highest BCUT2D eigenvalue weighted by atomic mass is 79.9. The van der Waals surface area contributed by atoms with Gasteiger partial charge in [0.25, 0.3) is 5.91 Å². The number of amides is 1. The van der Waals surface area contributed by atoms with Crippen molar-refractivity contribution in [2.45, 2.75) is 19.3 Å². The number of aromatic nitrogens is 1. The molecule has 0 fully saturated rings. The summed E-state index contributed by atoms with van der Waals surface area (Å²) in [5, 5.41) is 0. The van der Waals surface area contributed by atoms with E-state index in [0.29, 0.717) is 5.82 Å². The van der Waals surface area contributed by atoms with Crippen LogP contribution in [0.3, 0.4) is 0 Å². The van der Waals surface area contributed by atoms with Gasteiger partial charge in [0.05, 0.1) is 0 Å². The lowest BCUT2D eigenvalue weighted by molar-refractivity contribution is 0.0992. The second-order valence-corrected chi connectivity index (χ2v) is 5.95. The first-order valence-electron chi connectivity index (χ1n) is 6.66. The van der Waals surface area contributed by atoms with Gasteiger partial charge in [-0.15, -0.1) is 0 Å². The van der Waals surface area contributed by atoms with Gasteiger partial charge in [-0.3, -0.25) is 9.69 Å². The average Bonchev–Trinajstić information content (AvgIpc) is 2.94. The third-order valence-electron chi connectivity index (χ3n) is 3.71. The maximum absolute atomic E-state index is 12.5. The van der Waals surface area contributed by atoms with Crippen molar-refractivity contribution < 1.29 is 4.79 Å². The molecule has 0 spiro atoms. The lowest BCUT2D eigenvalue weighted by Gasteiger charge is -2.16. The van der Waals surface area contributed by atoms with E-state index in [4.69, 9.17) is 0 Å². The van der Waals surface area contributed by atoms with Crippen LogP contribution in [0.4, 0.5) is 5.82 Å². The van der Waals surface area contributed by atoms with E-state index >= 15 is 0 Å². The second-order valence-electron chi connectivity index (χ2n) is 5.04. The van der Waals surface area contributed by atoms with E-state index in [1.54, 1.807) is 18.1 Å². The smallest absolute Gasteiger partial charge is 0.259 e. The molecule has 1 amide bonds. The molecular formula is C16H15BrN2O. The zero-order valence-corrected chi connectivity index (χ0v) is 12.9. The molecule has 102 valence electrons. The maximum atomic E-state index is 12.5. The molecule has 2 aromatic rings. The number of pyridine rings is 1. The number of rotatable bonds is 2. The van der Waals surface area contributed by atoms with Crippen LogP contribution in [0.25, 0.3) is 0 Å². The molecule has 1 aliphatic rings. The van der Waals surface area contributed by atoms with E-state index in [9.17, 15) is 4.79 Å². The third-order valence-corrected chi connectivity index (χ3v) is 4.17. The highest BCUT2D eigenvalue weighted by molar-refractivity contribution is 9.10. The summed E-state index contributed by atoms with van der Waals surface area (Å²) in [5.41, 5.74) is 3.43. The quantitative estimate of drug-likeness (QED) is 0.842. The Morgan fingerprint density at radius 3 is 2.75 bits per heavy atom. The highest BCUT2D eigenvalue weighted by Crippen LogP contribution is 2.24. The van der Waals surface area contributed by atoms with Gasteiger partial charge in [0.15, 0.2) is 0 Å². The number of benzene rings is 1. The van der Waals surface area contributed by atoms with Crippen LogP contribution in [0.5, 0.6) is 0 Å². The Morgan fingerprint density at radius 1 is 1.20 bits per heavy atom. The van der Waals surface area contributed by atoms with Gasteiger partial charge in [-0.25, -0.2) is 4.98 Å². The van der Waals surface area contributed by atoms with E-state index in [-0.39, 0.29) is 5.91 Å². The molecule has 0 N–H and O–H groups in total. The monoisotopic (exact) mass is 330 g/mol. The van der Waals surface area contributed by atoms with Crippen LogP contribution in [0, 0.1) is 0 Å². The number of anilines is 1. The average molecular weight is 331 g/mol. The van der Waals surface area contributed by atoms with E-state index in [2.05, 4.69) is 27.0 Å². The van der Waals surface area contributed by atoms with Crippen molar-refractivity contribution in [3.05, 3.63) is 57.7 Å². The number of hydrogen-bond acceptors (Lipinski definition) is 2. The fraction of sp³-hybridized carbons (Fsp3) is 0.250. The number of nitrogens with zero attached hydrogens (tertiary/aromatic N) is 2. The Labute approximate surface area is 126 Å². The second kappa shape index (κ2) is 5.37. The summed E-state index contributed by atoms with van der Waals surface area (Å²) in [4.78, 5) is 18.3. The molecular weight excluding hydrogens is 316 g/mol. The van der Waals surface area contributed by atoms with Crippen molar-refractivity contribution in [2.75, 3.05) is 11.9 Å². The van der Waals surface area contributed by atoms with Crippen molar-refractivity contribution in [3.63, 3.8) is 0 Å². The fourth-order valence-electron chi connectivity index (χ4n) is 2.57. The molecule has 1 heterocycles. The fourth-order valence-corrected chi connectivity index (χ4v) is 2.80. The first kappa shape index (κ1) is 13.3. The van der Waals surface area contributed by atoms with E-state index < -0.39 is 0 Å². The minimum absolute atomic E-state index is 0.0190. The number of halogens is 1. The van der Waals surface area contributed by atoms with E-state index in [0.717, 1.165) is 22.9 Å². The minimum Gasteiger partial charge on any atom is -0.296 e. The van der Waals surface area contributed by atoms with Gasteiger partial charge in [-0.1, -0.05) is 6.07 Å². The first-order chi connectivity index (χ1) is 9.65. The lowest BCUT2D eigenvalue weighted by Crippen LogP contribution is -2.27. The topological polar surface area (TPSA) is 33.2 Å². The highest BCUT2D eigenvalue weighted by Gasteiger charge is 2.17. The summed E-state index contributed by atoms with van der Waals surface area (Å²) in [5.74, 6) is 0.633. The predicted molar refractivity (Wildman–Crippen MR) is 83.1 cm³/mol. The Bertz CT molecular complexity index is 652. The molecule has 20 heavy (non-hydrogen) atoms. The largest absolute Gasteiger partial charge is 0.296 e. The number of fused-ring (bicyclic) bond motifs is 1. The molecule has 1 aromatic heterocycles. The Hall–Kier alpha value is -1.68. The molecule has 0 aliphatic heterocycles. The molecule has 3 nitrogen and oxygen atoms in total. The zero-order chi connectivity index (χ0) is 14.1. The number of aryl methyl sites for hydroxylation is 2. The molecule has 0 saturated carbocycles.